The maximum Gasteiger partial charge on any atom is 0.410 e. The second-order valence-electron chi connectivity index (χ2n) is 7.73. The van der Waals surface area contributed by atoms with Gasteiger partial charge in [0.15, 0.2) is 0 Å². The van der Waals surface area contributed by atoms with Gasteiger partial charge in [0.25, 0.3) is 0 Å². The lowest BCUT2D eigenvalue weighted by molar-refractivity contribution is -0.143. The standard InChI is InChI=1S/C19H32N2O4/c1-19(2)10-6-4-9-17(22)24-15-7-5-8-16(19)25-18(23)21-13-11-20(3)12-14-21/h5,8,16H,4,6-7,9-15H2,1-3H3/b8-5+. The molecular formula is C19H32N2O4. The number of piperazine rings is 1. The van der Waals surface area contributed by atoms with Crippen LogP contribution in [0.25, 0.3) is 0 Å². The number of carbonyl (C=O) groups is 2. The van der Waals surface area contributed by atoms with Crippen molar-refractivity contribution in [3.63, 3.8) is 0 Å². The van der Waals surface area contributed by atoms with Crippen molar-refractivity contribution in [2.45, 2.75) is 52.1 Å². The number of ether oxygens (including phenoxy) is 2. The maximum absolute atomic E-state index is 12.6. The lowest BCUT2D eigenvalue weighted by Gasteiger charge is -2.36. The van der Waals surface area contributed by atoms with E-state index in [9.17, 15) is 9.59 Å². The number of likely N-dealkylation sites (N-methyl/N-ethyl adjacent to an activating group) is 1. The normalized spacial score (nSPS) is 27.6. The van der Waals surface area contributed by atoms with Gasteiger partial charge in [0, 0.05) is 38.0 Å². The van der Waals surface area contributed by atoms with Gasteiger partial charge in [0.2, 0.25) is 0 Å². The Hall–Kier alpha value is -1.56. The summed E-state index contributed by atoms with van der Waals surface area (Å²) in [6.45, 7) is 7.82. The third-order valence-corrected chi connectivity index (χ3v) is 5.07. The molecule has 1 unspecified atom stereocenters. The predicted octanol–water partition coefficient (Wildman–Crippen LogP) is 2.83. The first-order valence-corrected chi connectivity index (χ1v) is 9.35. The molecule has 1 saturated heterocycles. The zero-order valence-corrected chi connectivity index (χ0v) is 15.8. The molecule has 0 N–H and O–H groups in total. The van der Waals surface area contributed by atoms with Gasteiger partial charge >= 0.3 is 12.1 Å². The van der Waals surface area contributed by atoms with Crippen LogP contribution in [0, 0.1) is 5.41 Å². The van der Waals surface area contributed by atoms with Crippen LogP contribution >= 0.6 is 0 Å². The molecule has 2 aliphatic rings. The quantitative estimate of drug-likeness (QED) is 0.536. The third-order valence-electron chi connectivity index (χ3n) is 5.07. The molecular weight excluding hydrogens is 320 g/mol. The third kappa shape index (κ3) is 6.34. The topological polar surface area (TPSA) is 59.1 Å². The molecule has 2 rings (SSSR count). The molecule has 0 radical (unpaired) electrons. The average Bonchev–Trinajstić information content (AvgIpc) is 2.57. The van der Waals surface area contributed by atoms with Crippen molar-refractivity contribution in [3.8, 4) is 0 Å². The van der Waals surface area contributed by atoms with Gasteiger partial charge in [0.05, 0.1) is 6.61 Å². The molecule has 142 valence electrons. The number of rotatable bonds is 1. The van der Waals surface area contributed by atoms with E-state index >= 15 is 0 Å². The highest BCUT2D eigenvalue weighted by molar-refractivity contribution is 5.69. The van der Waals surface area contributed by atoms with E-state index in [1.54, 1.807) is 4.90 Å². The van der Waals surface area contributed by atoms with Gasteiger partial charge in [-0.1, -0.05) is 26.3 Å². The Labute approximate surface area is 151 Å². The molecule has 1 fully saturated rings. The summed E-state index contributed by atoms with van der Waals surface area (Å²) in [6, 6.07) is 0. The van der Waals surface area contributed by atoms with Gasteiger partial charge in [-0.05, 0) is 32.4 Å². The number of nitrogens with zero attached hydrogens (tertiary/aromatic N) is 2. The van der Waals surface area contributed by atoms with E-state index in [1.807, 2.05) is 12.2 Å². The highest BCUT2D eigenvalue weighted by Crippen LogP contribution is 2.32. The Kier molecular flexibility index (Phi) is 7.29. The van der Waals surface area contributed by atoms with E-state index < -0.39 is 0 Å². The summed E-state index contributed by atoms with van der Waals surface area (Å²) >= 11 is 0. The first kappa shape index (κ1) is 19.8. The molecule has 25 heavy (non-hydrogen) atoms. The molecule has 0 spiro atoms. The Morgan fingerprint density at radius 1 is 1.24 bits per heavy atom. The lowest BCUT2D eigenvalue weighted by Crippen LogP contribution is -2.48. The van der Waals surface area contributed by atoms with Crippen molar-refractivity contribution in [2.24, 2.45) is 5.41 Å². The fourth-order valence-corrected chi connectivity index (χ4v) is 3.16. The van der Waals surface area contributed by atoms with Crippen molar-refractivity contribution in [2.75, 3.05) is 39.8 Å². The molecule has 0 saturated carbocycles. The molecule has 0 aliphatic carbocycles. The second-order valence-corrected chi connectivity index (χ2v) is 7.73. The van der Waals surface area contributed by atoms with Gasteiger partial charge in [-0.3, -0.25) is 4.79 Å². The largest absolute Gasteiger partial charge is 0.465 e. The Bertz CT molecular complexity index is 482. The zero-order chi connectivity index (χ0) is 18.3. The summed E-state index contributed by atoms with van der Waals surface area (Å²) in [4.78, 5) is 28.1. The van der Waals surface area contributed by atoms with Crippen molar-refractivity contribution in [1.29, 1.82) is 0 Å². The van der Waals surface area contributed by atoms with Crippen molar-refractivity contribution >= 4 is 12.1 Å². The highest BCUT2D eigenvalue weighted by Gasteiger charge is 2.32. The van der Waals surface area contributed by atoms with E-state index in [2.05, 4.69) is 25.8 Å². The van der Waals surface area contributed by atoms with Crippen molar-refractivity contribution in [1.82, 2.24) is 9.80 Å². The molecule has 0 bridgehead atoms. The van der Waals surface area contributed by atoms with Crippen LogP contribution in [-0.4, -0.2) is 67.8 Å². The minimum atomic E-state index is -0.269. The summed E-state index contributed by atoms with van der Waals surface area (Å²) in [7, 11) is 2.06. The molecule has 0 aromatic heterocycles. The number of carbonyl (C=O) groups excluding carboxylic acids is 2. The Morgan fingerprint density at radius 3 is 2.68 bits per heavy atom. The minimum Gasteiger partial charge on any atom is -0.465 e. The summed E-state index contributed by atoms with van der Waals surface area (Å²) < 4.78 is 11.1. The maximum atomic E-state index is 12.6. The smallest absolute Gasteiger partial charge is 0.410 e. The number of hydrogen-bond acceptors (Lipinski definition) is 5. The Morgan fingerprint density at radius 2 is 1.96 bits per heavy atom. The number of cyclic esters (lactones) is 1. The summed E-state index contributed by atoms with van der Waals surface area (Å²) in [5.74, 6) is -0.121. The van der Waals surface area contributed by atoms with E-state index in [-0.39, 0.29) is 23.6 Å². The monoisotopic (exact) mass is 352 g/mol. The minimum absolute atomic E-state index is 0.121. The predicted molar refractivity (Wildman–Crippen MR) is 96.3 cm³/mol. The van der Waals surface area contributed by atoms with E-state index in [4.69, 9.17) is 9.47 Å². The number of esters is 1. The van der Waals surface area contributed by atoms with Crippen LogP contribution in [0.4, 0.5) is 4.79 Å². The van der Waals surface area contributed by atoms with Gasteiger partial charge in [-0.15, -0.1) is 0 Å². The van der Waals surface area contributed by atoms with Crippen LogP contribution in [0.5, 0.6) is 0 Å². The average molecular weight is 352 g/mol. The van der Waals surface area contributed by atoms with Crippen LogP contribution in [0.2, 0.25) is 0 Å². The van der Waals surface area contributed by atoms with E-state index in [0.29, 0.717) is 32.5 Å². The first-order valence-electron chi connectivity index (χ1n) is 9.35. The molecule has 1 amide bonds. The molecule has 2 aliphatic heterocycles. The molecule has 0 aromatic carbocycles. The SMILES string of the molecule is CN1CCN(C(=O)OC2/C=C/CCOC(=O)CCCCC2(C)C)CC1. The molecule has 2 heterocycles. The first-order chi connectivity index (χ1) is 11.9. The van der Waals surface area contributed by atoms with E-state index in [1.165, 1.54) is 0 Å². The van der Waals surface area contributed by atoms with Crippen LogP contribution < -0.4 is 0 Å². The van der Waals surface area contributed by atoms with Gasteiger partial charge in [0.1, 0.15) is 6.10 Å². The summed E-state index contributed by atoms with van der Waals surface area (Å²) in [5, 5.41) is 0. The van der Waals surface area contributed by atoms with E-state index in [0.717, 1.165) is 32.4 Å². The van der Waals surface area contributed by atoms with Crippen LogP contribution in [0.15, 0.2) is 12.2 Å². The zero-order valence-electron chi connectivity index (χ0n) is 15.8. The summed E-state index contributed by atoms with van der Waals surface area (Å²) in [5.41, 5.74) is -0.165. The van der Waals surface area contributed by atoms with Crippen LogP contribution in [0.1, 0.15) is 46.0 Å². The van der Waals surface area contributed by atoms with Crippen LogP contribution in [0.3, 0.4) is 0 Å². The van der Waals surface area contributed by atoms with Crippen LogP contribution in [-0.2, 0) is 14.3 Å². The number of amides is 1. The summed E-state index contributed by atoms with van der Waals surface area (Å²) in [6.07, 6.45) is 7.15. The molecule has 0 aromatic rings. The molecule has 1 atom stereocenters. The van der Waals surface area contributed by atoms with Crippen molar-refractivity contribution < 1.29 is 19.1 Å². The van der Waals surface area contributed by atoms with Crippen molar-refractivity contribution in [3.05, 3.63) is 12.2 Å². The number of hydrogen-bond donors (Lipinski definition) is 0. The second kappa shape index (κ2) is 9.22. The van der Waals surface area contributed by atoms with Gasteiger partial charge in [-0.25, -0.2) is 4.79 Å². The highest BCUT2D eigenvalue weighted by atomic mass is 16.6. The van der Waals surface area contributed by atoms with Gasteiger partial charge < -0.3 is 19.3 Å². The molecule has 6 nitrogen and oxygen atoms in total. The van der Waals surface area contributed by atoms with Gasteiger partial charge in [-0.2, -0.15) is 0 Å². The fraction of sp³-hybridized carbons (Fsp3) is 0.789. The fourth-order valence-electron chi connectivity index (χ4n) is 3.16. The molecule has 6 heteroatoms. The Balaban J connectivity index is 2.00. The lowest BCUT2D eigenvalue weighted by atomic mass is 9.81.